The van der Waals surface area contributed by atoms with Crippen molar-refractivity contribution in [1.29, 1.82) is 0 Å². The summed E-state index contributed by atoms with van der Waals surface area (Å²) in [7, 11) is -2.54. The molecule has 7 nitrogen and oxygen atoms in total. The molecule has 8 heteroatoms. The minimum atomic E-state index is -3.81. The number of ether oxygens (including phenoxy) is 1. The highest BCUT2D eigenvalue weighted by atomic mass is 32.2. The third-order valence-corrected chi connectivity index (χ3v) is 6.36. The standard InChI is InChI=1S/C22H24N2O5S/c1-14-12-18(13-19(15(14)2)22(25)28-4)30(26,27)23-11-10-20-16(3)29-21(24-20)17-8-6-5-7-9-17/h5-9,12-13,23H,10-11H2,1-4H3. The van der Waals surface area contributed by atoms with E-state index in [2.05, 4.69) is 9.71 Å². The van der Waals surface area contributed by atoms with Gasteiger partial charge in [0, 0.05) is 18.5 Å². The summed E-state index contributed by atoms with van der Waals surface area (Å²) in [6, 6.07) is 12.4. The maximum absolute atomic E-state index is 12.8. The van der Waals surface area contributed by atoms with E-state index < -0.39 is 16.0 Å². The minimum absolute atomic E-state index is 0.0212. The second-order valence-corrected chi connectivity index (χ2v) is 8.71. The lowest BCUT2D eigenvalue weighted by Crippen LogP contribution is -2.26. The van der Waals surface area contributed by atoms with Crippen molar-refractivity contribution in [2.24, 2.45) is 0 Å². The smallest absolute Gasteiger partial charge is 0.338 e. The molecule has 1 heterocycles. The molecule has 0 fully saturated rings. The van der Waals surface area contributed by atoms with Crippen molar-refractivity contribution < 1.29 is 22.4 Å². The molecule has 0 aliphatic heterocycles. The highest BCUT2D eigenvalue weighted by Crippen LogP contribution is 2.23. The highest BCUT2D eigenvalue weighted by Gasteiger charge is 2.20. The van der Waals surface area contributed by atoms with Gasteiger partial charge in [-0.25, -0.2) is 22.9 Å². The van der Waals surface area contributed by atoms with Crippen LogP contribution in [0, 0.1) is 20.8 Å². The van der Waals surface area contributed by atoms with Crippen LogP contribution in [-0.4, -0.2) is 33.0 Å². The van der Waals surface area contributed by atoms with Crippen molar-refractivity contribution in [3.05, 3.63) is 70.6 Å². The summed E-state index contributed by atoms with van der Waals surface area (Å²) in [4.78, 5) is 16.5. The van der Waals surface area contributed by atoms with Gasteiger partial charge in [-0.15, -0.1) is 0 Å². The minimum Gasteiger partial charge on any atom is -0.465 e. The summed E-state index contributed by atoms with van der Waals surface area (Å²) in [5.41, 5.74) is 3.16. The van der Waals surface area contributed by atoms with Gasteiger partial charge in [0.2, 0.25) is 15.9 Å². The topological polar surface area (TPSA) is 98.5 Å². The summed E-state index contributed by atoms with van der Waals surface area (Å²) in [6.07, 6.45) is 0.371. The van der Waals surface area contributed by atoms with Crippen molar-refractivity contribution in [1.82, 2.24) is 9.71 Å². The molecule has 1 N–H and O–H groups in total. The maximum Gasteiger partial charge on any atom is 0.338 e. The molecule has 0 atom stereocenters. The molecule has 0 aliphatic rings. The lowest BCUT2D eigenvalue weighted by molar-refractivity contribution is 0.0599. The second kappa shape index (κ2) is 8.81. The Morgan fingerprint density at radius 1 is 1.13 bits per heavy atom. The number of sulfonamides is 1. The lowest BCUT2D eigenvalue weighted by atomic mass is 10.0. The Labute approximate surface area is 176 Å². The van der Waals surface area contributed by atoms with E-state index in [4.69, 9.17) is 9.15 Å². The Bertz CT molecular complexity index is 1170. The van der Waals surface area contributed by atoms with Crippen LogP contribution in [0.15, 0.2) is 51.8 Å². The number of aryl methyl sites for hydroxylation is 2. The zero-order chi connectivity index (χ0) is 21.9. The monoisotopic (exact) mass is 428 g/mol. The zero-order valence-corrected chi connectivity index (χ0v) is 18.2. The van der Waals surface area contributed by atoms with Gasteiger partial charge in [0.15, 0.2) is 0 Å². The molecule has 0 saturated carbocycles. The van der Waals surface area contributed by atoms with Crippen LogP contribution in [0.2, 0.25) is 0 Å². The first-order valence-electron chi connectivity index (χ1n) is 9.44. The number of nitrogens with zero attached hydrogens (tertiary/aromatic N) is 1. The van der Waals surface area contributed by atoms with Crippen LogP contribution < -0.4 is 4.72 Å². The summed E-state index contributed by atoms with van der Waals surface area (Å²) in [6.45, 7) is 5.45. The van der Waals surface area contributed by atoms with E-state index in [1.54, 1.807) is 26.8 Å². The van der Waals surface area contributed by atoms with Gasteiger partial charge >= 0.3 is 5.97 Å². The Hall–Kier alpha value is -2.97. The van der Waals surface area contributed by atoms with Crippen LogP contribution in [0.25, 0.3) is 11.5 Å². The molecular formula is C22H24N2O5S. The van der Waals surface area contributed by atoms with Gasteiger partial charge in [0.1, 0.15) is 5.76 Å². The summed E-state index contributed by atoms with van der Waals surface area (Å²) in [5.74, 6) is 0.578. The second-order valence-electron chi connectivity index (χ2n) is 6.94. The van der Waals surface area contributed by atoms with Crippen LogP contribution >= 0.6 is 0 Å². The van der Waals surface area contributed by atoms with Gasteiger partial charge < -0.3 is 9.15 Å². The fraction of sp³-hybridized carbons (Fsp3) is 0.273. The molecule has 0 saturated heterocycles. The first-order chi connectivity index (χ1) is 14.2. The largest absolute Gasteiger partial charge is 0.465 e. The van der Waals surface area contributed by atoms with Crippen LogP contribution in [0.4, 0.5) is 0 Å². The molecule has 0 unspecified atom stereocenters. The molecule has 158 valence electrons. The number of esters is 1. The summed E-state index contributed by atoms with van der Waals surface area (Å²) < 4.78 is 38.5. The third kappa shape index (κ3) is 4.60. The first kappa shape index (κ1) is 21.7. The zero-order valence-electron chi connectivity index (χ0n) is 17.4. The molecular weight excluding hydrogens is 404 g/mol. The van der Waals surface area contributed by atoms with Crippen molar-refractivity contribution in [2.45, 2.75) is 32.1 Å². The van der Waals surface area contributed by atoms with E-state index in [0.29, 0.717) is 34.9 Å². The molecule has 0 amide bonds. The number of methoxy groups -OCH3 is 1. The number of carbonyl (C=O) groups is 1. The van der Waals surface area contributed by atoms with Crippen molar-refractivity contribution in [3.63, 3.8) is 0 Å². The Morgan fingerprint density at radius 2 is 1.83 bits per heavy atom. The number of carbonyl (C=O) groups excluding carboxylic acids is 1. The normalized spacial score (nSPS) is 11.5. The molecule has 0 spiro atoms. The molecule has 0 radical (unpaired) electrons. The molecule has 0 aliphatic carbocycles. The summed E-state index contributed by atoms with van der Waals surface area (Å²) >= 11 is 0. The first-order valence-corrected chi connectivity index (χ1v) is 10.9. The van der Waals surface area contributed by atoms with Crippen molar-refractivity contribution in [3.8, 4) is 11.5 Å². The Kier molecular flexibility index (Phi) is 6.38. The van der Waals surface area contributed by atoms with Crippen LogP contribution in [-0.2, 0) is 21.2 Å². The Balaban J connectivity index is 1.74. The molecule has 1 aromatic heterocycles. The van der Waals surface area contributed by atoms with Crippen LogP contribution in [0.1, 0.15) is 32.9 Å². The van der Waals surface area contributed by atoms with Gasteiger partial charge in [0.05, 0.1) is 23.3 Å². The summed E-state index contributed by atoms with van der Waals surface area (Å²) in [5, 5.41) is 0. The van der Waals surface area contributed by atoms with Gasteiger partial charge in [0.25, 0.3) is 0 Å². The highest BCUT2D eigenvalue weighted by molar-refractivity contribution is 7.89. The number of nitrogens with one attached hydrogen (secondary N) is 1. The predicted molar refractivity (Wildman–Crippen MR) is 113 cm³/mol. The molecule has 2 aromatic carbocycles. The average molecular weight is 429 g/mol. The van der Waals surface area contributed by atoms with Crippen molar-refractivity contribution >= 4 is 16.0 Å². The van der Waals surface area contributed by atoms with E-state index in [0.717, 1.165) is 5.56 Å². The van der Waals surface area contributed by atoms with E-state index >= 15 is 0 Å². The SMILES string of the molecule is COC(=O)c1cc(S(=O)(=O)NCCc2nc(-c3ccccc3)oc2C)cc(C)c1C. The third-order valence-electron chi connectivity index (χ3n) is 4.92. The average Bonchev–Trinajstić information content (AvgIpc) is 3.10. The van der Waals surface area contributed by atoms with E-state index in [1.165, 1.54) is 13.2 Å². The number of hydrogen-bond donors (Lipinski definition) is 1. The molecule has 3 aromatic rings. The van der Waals surface area contributed by atoms with E-state index in [-0.39, 0.29) is 17.0 Å². The van der Waals surface area contributed by atoms with E-state index in [9.17, 15) is 13.2 Å². The quantitative estimate of drug-likeness (QED) is 0.578. The van der Waals surface area contributed by atoms with Gasteiger partial charge in [-0.2, -0.15) is 0 Å². The fourth-order valence-electron chi connectivity index (χ4n) is 3.05. The van der Waals surface area contributed by atoms with Crippen LogP contribution in [0.3, 0.4) is 0 Å². The number of rotatable bonds is 7. The van der Waals surface area contributed by atoms with Gasteiger partial charge in [-0.3, -0.25) is 0 Å². The fourth-order valence-corrected chi connectivity index (χ4v) is 4.20. The lowest BCUT2D eigenvalue weighted by Gasteiger charge is -2.12. The van der Waals surface area contributed by atoms with Gasteiger partial charge in [-0.1, -0.05) is 18.2 Å². The number of benzene rings is 2. The van der Waals surface area contributed by atoms with Crippen molar-refractivity contribution in [2.75, 3.05) is 13.7 Å². The molecule has 0 bridgehead atoms. The van der Waals surface area contributed by atoms with Gasteiger partial charge in [-0.05, 0) is 56.2 Å². The van der Waals surface area contributed by atoms with Crippen LogP contribution in [0.5, 0.6) is 0 Å². The van der Waals surface area contributed by atoms with E-state index in [1.807, 2.05) is 30.3 Å². The molecule has 30 heavy (non-hydrogen) atoms. The molecule has 3 rings (SSSR count). The number of aromatic nitrogens is 1. The number of oxazole rings is 1. The maximum atomic E-state index is 12.8. The Morgan fingerprint density at radius 3 is 2.50 bits per heavy atom. The number of hydrogen-bond acceptors (Lipinski definition) is 6. The predicted octanol–water partition coefficient (Wildman–Crippen LogP) is 3.57.